The van der Waals surface area contributed by atoms with Crippen LogP contribution in [0, 0.1) is 0 Å². The lowest BCUT2D eigenvalue weighted by Crippen LogP contribution is -2.45. The summed E-state index contributed by atoms with van der Waals surface area (Å²) in [4.78, 5) is 18.8. The number of aromatic nitrogens is 2. The minimum atomic E-state index is -0.166. The van der Waals surface area contributed by atoms with Crippen molar-refractivity contribution in [3.63, 3.8) is 0 Å². The molecule has 1 fully saturated rings. The van der Waals surface area contributed by atoms with Crippen molar-refractivity contribution < 1.29 is 14.1 Å². The number of carbonyl (C=O) groups excluding carboxylic acids is 1. The number of likely N-dealkylation sites (tertiary alicyclic amines) is 1. The molecule has 1 aromatic carbocycles. The summed E-state index contributed by atoms with van der Waals surface area (Å²) < 4.78 is 10.5. The lowest BCUT2D eigenvalue weighted by molar-refractivity contribution is 0.131. The summed E-state index contributed by atoms with van der Waals surface area (Å²) in [5, 5.41) is 7.02. The number of piperidine rings is 1. The standard InChI is InChI=1S/C18H24N4O3/c1-24-13-7-11-19-18(23)22-12-6-5-10-15(22)17-20-16(21-25-17)14-8-3-2-4-9-14/h2-4,8-9,15H,5-7,10-13H2,1H3,(H,19,23)/t15-/m1/s1. The molecule has 25 heavy (non-hydrogen) atoms. The van der Waals surface area contributed by atoms with E-state index in [1.807, 2.05) is 30.3 Å². The largest absolute Gasteiger partial charge is 0.385 e. The van der Waals surface area contributed by atoms with Gasteiger partial charge in [0.2, 0.25) is 11.7 Å². The van der Waals surface area contributed by atoms with Crippen molar-refractivity contribution in [2.24, 2.45) is 0 Å². The molecule has 7 nitrogen and oxygen atoms in total. The van der Waals surface area contributed by atoms with Gasteiger partial charge in [-0.2, -0.15) is 4.98 Å². The van der Waals surface area contributed by atoms with Gasteiger partial charge in [-0.1, -0.05) is 35.5 Å². The van der Waals surface area contributed by atoms with Gasteiger partial charge in [0.05, 0.1) is 0 Å². The molecule has 1 saturated heterocycles. The summed E-state index contributed by atoms with van der Waals surface area (Å²) in [6.45, 7) is 1.92. The van der Waals surface area contributed by atoms with Crippen LogP contribution in [0.25, 0.3) is 11.4 Å². The molecule has 7 heteroatoms. The third kappa shape index (κ3) is 4.36. The number of amides is 2. The first-order valence-electron chi connectivity index (χ1n) is 8.72. The predicted molar refractivity (Wildman–Crippen MR) is 92.9 cm³/mol. The van der Waals surface area contributed by atoms with Crippen LogP contribution in [0.15, 0.2) is 34.9 Å². The van der Waals surface area contributed by atoms with Crippen LogP contribution in [0.2, 0.25) is 0 Å². The molecule has 0 bridgehead atoms. The van der Waals surface area contributed by atoms with Crippen LogP contribution in [0.1, 0.15) is 37.6 Å². The highest BCUT2D eigenvalue weighted by Crippen LogP contribution is 2.31. The summed E-state index contributed by atoms with van der Waals surface area (Å²) in [5.41, 5.74) is 0.906. The molecule has 2 aromatic rings. The van der Waals surface area contributed by atoms with E-state index in [2.05, 4.69) is 15.5 Å². The normalized spacial score (nSPS) is 17.5. The van der Waals surface area contributed by atoms with E-state index in [0.717, 1.165) is 31.2 Å². The second-order valence-electron chi connectivity index (χ2n) is 6.11. The SMILES string of the molecule is COCCCNC(=O)N1CCCC[C@@H]1c1nc(-c2ccccc2)no1. The van der Waals surface area contributed by atoms with Crippen molar-refractivity contribution in [2.75, 3.05) is 26.8 Å². The molecule has 2 amide bonds. The van der Waals surface area contributed by atoms with Crippen LogP contribution in [0.3, 0.4) is 0 Å². The Balaban J connectivity index is 1.68. The van der Waals surface area contributed by atoms with Crippen LogP contribution in [-0.4, -0.2) is 47.9 Å². The summed E-state index contributed by atoms with van der Waals surface area (Å²) in [7, 11) is 1.66. The maximum absolute atomic E-state index is 12.5. The van der Waals surface area contributed by atoms with E-state index in [4.69, 9.17) is 9.26 Å². The van der Waals surface area contributed by atoms with Gasteiger partial charge in [0.25, 0.3) is 0 Å². The molecular formula is C18H24N4O3. The van der Waals surface area contributed by atoms with Crippen LogP contribution in [0.4, 0.5) is 4.79 Å². The average molecular weight is 344 g/mol. The van der Waals surface area contributed by atoms with E-state index >= 15 is 0 Å². The maximum Gasteiger partial charge on any atom is 0.318 e. The summed E-state index contributed by atoms with van der Waals surface area (Å²) in [6.07, 6.45) is 3.66. The summed E-state index contributed by atoms with van der Waals surface area (Å²) in [5.74, 6) is 1.06. The number of urea groups is 1. The van der Waals surface area contributed by atoms with Gasteiger partial charge >= 0.3 is 6.03 Å². The second kappa shape index (κ2) is 8.62. The first-order chi connectivity index (χ1) is 12.3. The van der Waals surface area contributed by atoms with Crippen molar-refractivity contribution in [1.82, 2.24) is 20.4 Å². The maximum atomic E-state index is 12.5. The number of methoxy groups -OCH3 is 1. The first-order valence-corrected chi connectivity index (χ1v) is 8.72. The highest BCUT2D eigenvalue weighted by Gasteiger charge is 2.32. The molecule has 134 valence electrons. The Morgan fingerprint density at radius 3 is 3.00 bits per heavy atom. The molecule has 0 radical (unpaired) electrons. The Labute approximate surface area is 147 Å². The number of carbonyl (C=O) groups is 1. The lowest BCUT2D eigenvalue weighted by atomic mass is 10.0. The molecule has 0 spiro atoms. The molecule has 2 heterocycles. The molecule has 0 aliphatic carbocycles. The molecule has 1 aliphatic heterocycles. The number of nitrogens with one attached hydrogen (secondary N) is 1. The highest BCUT2D eigenvalue weighted by molar-refractivity contribution is 5.74. The Hall–Kier alpha value is -2.41. The number of hydrogen-bond donors (Lipinski definition) is 1. The Morgan fingerprint density at radius 2 is 2.20 bits per heavy atom. The summed E-state index contributed by atoms with van der Waals surface area (Å²) in [6, 6.07) is 9.45. The van der Waals surface area contributed by atoms with E-state index in [9.17, 15) is 4.79 Å². The van der Waals surface area contributed by atoms with E-state index < -0.39 is 0 Å². The van der Waals surface area contributed by atoms with Gasteiger partial charge < -0.3 is 19.5 Å². The minimum Gasteiger partial charge on any atom is -0.385 e. The number of rotatable bonds is 6. The second-order valence-corrected chi connectivity index (χ2v) is 6.11. The quantitative estimate of drug-likeness (QED) is 0.815. The van der Waals surface area contributed by atoms with Crippen LogP contribution in [-0.2, 0) is 4.74 Å². The molecule has 1 atom stereocenters. The summed E-state index contributed by atoms with van der Waals surface area (Å²) >= 11 is 0. The molecule has 0 unspecified atom stereocenters. The predicted octanol–water partition coefficient (Wildman–Crippen LogP) is 3.01. The van der Waals surface area contributed by atoms with Crippen LogP contribution in [0.5, 0.6) is 0 Å². The van der Waals surface area contributed by atoms with Crippen LogP contribution >= 0.6 is 0 Å². The lowest BCUT2D eigenvalue weighted by Gasteiger charge is -2.33. The third-order valence-corrected chi connectivity index (χ3v) is 4.32. The van der Waals surface area contributed by atoms with Gasteiger partial charge in [0.1, 0.15) is 6.04 Å². The monoisotopic (exact) mass is 344 g/mol. The van der Waals surface area contributed by atoms with Gasteiger partial charge in [-0.05, 0) is 25.7 Å². The van der Waals surface area contributed by atoms with Crippen molar-refractivity contribution in [2.45, 2.75) is 31.7 Å². The first kappa shape index (κ1) is 17.4. The molecule has 1 aliphatic rings. The van der Waals surface area contributed by atoms with Gasteiger partial charge in [0, 0.05) is 32.4 Å². The average Bonchev–Trinajstić information content (AvgIpc) is 3.16. The fourth-order valence-corrected chi connectivity index (χ4v) is 3.02. The van der Waals surface area contributed by atoms with E-state index in [0.29, 0.717) is 31.4 Å². The Morgan fingerprint density at radius 1 is 1.36 bits per heavy atom. The topological polar surface area (TPSA) is 80.5 Å². The number of hydrogen-bond acceptors (Lipinski definition) is 5. The van der Waals surface area contributed by atoms with E-state index in [1.165, 1.54) is 0 Å². The molecule has 3 rings (SSSR count). The fraction of sp³-hybridized carbons (Fsp3) is 0.500. The molecule has 0 saturated carbocycles. The number of nitrogens with zero attached hydrogens (tertiary/aromatic N) is 3. The zero-order valence-corrected chi connectivity index (χ0v) is 14.5. The third-order valence-electron chi connectivity index (χ3n) is 4.32. The Bertz CT molecular complexity index is 674. The smallest absolute Gasteiger partial charge is 0.318 e. The Kier molecular flexibility index (Phi) is 6.00. The van der Waals surface area contributed by atoms with E-state index in [-0.39, 0.29) is 12.1 Å². The van der Waals surface area contributed by atoms with Gasteiger partial charge in [-0.3, -0.25) is 0 Å². The molecule has 1 N–H and O–H groups in total. The van der Waals surface area contributed by atoms with Gasteiger partial charge in [0.15, 0.2) is 0 Å². The van der Waals surface area contributed by atoms with Crippen molar-refractivity contribution in [3.05, 3.63) is 36.2 Å². The van der Waals surface area contributed by atoms with Crippen molar-refractivity contribution >= 4 is 6.03 Å². The fourth-order valence-electron chi connectivity index (χ4n) is 3.02. The van der Waals surface area contributed by atoms with Crippen molar-refractivity contribution in [3.8, 4) is 11.4 Å². The highest BCUT2D eigenvalue weighted by atomic mass is 16.5. The minimum absolute atomic E-state index is 0.0831. The van der Waals surface area contributed by atoms with E-state index in [1.54, 1.807) is 12.0 Å². The number of ether oxygens (including phenoxy) is 1. The van der Waals surface area contributed by atoms with Gasteiger partial charge in [-0.25, -0.2) is 4.79 Å². The number of benzene rings is 1. The zero-order chi connectivity index (χ0) is 17.5. The van der Waals surface area contributed by atoms with Crippen LogP contribution < -0.4 is 5.32 Å². The molecular weight excluding hydrogens is 320 g/mol. The van der Waals surface area contributed by atoms with Gasteiger partial charge in [-0.15, -0.1) is 0 Å². The zero-order valence-electron chi connectivity index (χ0n) is 14.5. The van der Waals surface area contributed by atoms with Crippen molar-refractivity contribution in [1.29, 1.82) is 0 Å². The molecule has 1 aromatic heterocycles.